The van der Waals surface area contributed by atoms with Gasteiger partial charge in [0.2, 0.25) is 0 Å². The topological polar surface area (TPSA) is 0 Å². The lowest BCUT2D eigenvalue weighted by molar-refractivity contribution is 0.317. The molecule has 0 bridgehead atoms. The fraction of sp³-hybridized carbons (Fsp3) is 1.00. The van der Waals surface area contributed by atoms with Crippen LogP contribution in [0.4, 0.5) is 0 Å². The number of hydrogen-bond donors (Lipinski definition) is 0. The van der Waals surface area contributed by atoms with Crippen molar-refractivity contribution in [2.24, 2.45) is 17.8 Å². The Morgan fingerprint density at radius 2 is 1.70 bits per heavy atom. The fourth-order valence-corrected chi connectivity index (χ4v) is 1.70. The Balaban J connectivity index is 0.000000112. The lowest BCUT2D eigenvalue weighted by Crippen LogP contribution is -2.10. The Kier molecular flexibility index (Phi) is 2.76. The smallest absolute Gasteiger partial charge is 0.0357 e. The minimum absolute atomic E-state index is 1.11. The van der Waals surface area contributed by atoms with Crippen LogP contribution in [-0.4, -0.2) is 0 Å². The minimum atomic E-state index is 1.11. The van der Waals surface area contributed by atoms with Gasteiger partial charge in [0.05, 0.1) is 0 Å². The second-order valence-corrected chi connectivity index (χ2v) is 3.87. The van der Waals surface area contributed by atoms with E-state index in [0.29, 0.717) is 0 Å². The van der Waals surface area contributed by atoms with Crippen LogP contribution in [0.3, 0.4) is 0 Å². The Bertz CT molecular complexity index is 94.2. The van der Waals surface area contributed by atoms with E-state index in [0.717, 1.165) is 5.92 Å². The van der Waals surface area contributed by atoms with Crippen LogP contribution in [0.5, 0.6) is 0 Å². The molecule has 0 heteroatoms. The molecular formula is C10H20. The van der Waals surface area contributed by atoms with Crippen LogP contribution >= 0.6 is 0 Å². The molecule has 0 saturated heterocycles. The molecule has 10 heavy (non-hydrogen) atoms. The van der Waals surface area contributed by atoms with Crippen LogP contribution in [0, 0.1) is 17.8 Å². The molecule has 0 aromatic heterocycles. The lowest BCUT2D eigenvalue weighted by Gasteiger charge is -2.18. The van der Waals surface area contributed by atoms with Gasteiger partial charge in [-0.2, -0.15) is 0 Å². The normalized spacial score (nSPS) is 40.5. The highest BCUT2D eigenvalue weighted by molar-refractivity contribution is 5.00. The summed E-state index contributed by atoms with van der Waals surface area (Å²) in [6, 6.07) is 0. The van der Waals surface area contributed by atoms with Crippen molar-refractivity contribution in [3.63, 3.8) is 0 Å². The summed E-state index contributed by atoms with van der Waals surface area (Å²) in [5.74, 6) is 3.51. The van der Waals surface area contributed by atoms with Gasteiger partial charge in [0.25, 0.3) is 0 Å². The van der Waals surface area contributed by atoms with Crippen LogP contribution in [-0.2, 0) is 0 Å². The Morgan fingerprint density at radius 1 is 1.10 bits per heavy atom. The zero-order chi connectivity index (χ0) is 7.56. The quantitative estimate of drug-likeness (QED) is 0.523. The van der Waals surface area contributed by atoms with E-state index in [2.05, 4.69) is 20.8 Å². The summed E-state index contributed by atoms with van der Waals surface area (Å²) in [7, 11) is 0. The SMILES string of the molecule is CC1CC2CC12.CCCC. The van der Waals surface area contributed by atoms with Crippen molar-refractivity contribution in [2.75, 3.05) is 0 Å². The average molecular weight is 140 g/mol. The highest BCUT2D eigenvalue weighted by Crippen LogP contribution is 2.59. The van der Waals surface area contributed by atoms with E-state index in [1.54, 1.807) is 12.8 Å². The highest BCUT2D eigenvalue weighted by Gasteiger charge is 2.50. The van der Waals surface area contributed by atoms with Crippen molar-refractivity contribution in [3.05, 3.63) is 0 Å². The van der Waals surface area contributed by atoms with Gasteiger partial charge >= 0.3 is 0 Å². The number of fused-ring (bicyclic) bond motifs is 1. The molecule has 0 aromatic carbocycles. The first-order chi connectivity index (χ1) is 4.79. The molecule has 0 heterocycles. The molecule has 0 spiro atoms. The predicted octanol–water partition coefficient (Wildman–Crippen LogP) is 3.47. The van der Waals surface area contributed by atoms with Crippen LogP contribution in [0.25, 0.3) is 0 Å². The summed E-state index contributed by atoms with van der Waals surface area (Å²) in [5.41, 5.74) is 0. The van der Waals surface area contributed by atoms with Crippen molar-refractivity contribution in [3.8, 4) is 0 Å². The van der Waals surface area contributed by atoms with Crippen LogP contribution in [0.2, 0.25) is 0 Å². The largest absolute Gasteiger partial charge is 0.0654 e. The third-order valence-electron chi connectivity index (χ3n) is 2.88. The zero-order valence-electron chi connectivity index (χ0n) is 7.56. The van der Waals surface area contributed by atoms with Crippen molar-refractivity contribution >= 4 is 0 Å². The number of rotatable bonds is 1. The monoisotopic (exact) mass is 140 g/mol. The van der Waals surface area contributed by atoms with E-state index in [9.17, 15) is 0 Å². The van der Waals surface area contributed by atoms with E-state index in [1.807, 2.05) is 0 Å². The Hall–Kier alpha value is 0. The van der Waals surface area contributed by atoms with Crippen molar-refractivity contribution in [2.45, 2.75) is 46.5 Å². The molecule has 2 aliphatic rings. The maximum absolute atomic E-state index is 2.37. The van der Waals surface area contributed by atoms with Crippen molar-refractivity contribution in [1.82, 2.24) is 0 Å². The molecule has 2 aliphatic carbocycles. The maximum atomic E-state index is 2.37. The third-order valence-corrected chi connectivity index (χ3v) is 2.88. The van der Waals surface area contributed by atoms with E-state index < -0.39 is 0 Å². The summed E-state index contributed by atoms with van der Waals surface area (Å²) in [6.45, 7) is 6.73. The van der Waals surface area contributed by atoms with E-state index in [4.69, 9.17) is 0 Å². The van der Waals surface area contributed by atoms with E-state index >= 15 is 0 Å². The first-order valence-corrected chi connectivity index (χ1v) is 4.79. The molecule has 0 amide bonds. The molecule has 0 radical (unpaired) electrons. The van der Waals surface area contributed by atoms with Gasteiger partial charge in [-0.25, -0.2) is 0 Å². The Labute approximate surface area is 65.0 Å². The van der Waals surface area contributed by atoms with Gasteiger partial charge in [0.1, 0.15) is 0 Å². The van der Waals surface area contributed by atoms with E-state index in [1.165, 1.54) is 24.7 Å². The fourth-order valence-electron chi connectivity index (χ4n) is 1.70. The Morgan fingerprint density at radius 3 is 1.70 bits per heavy atom. The highest BCUT2D eigenvalue weighted by atomic mass is 14.6. The lowest BCUT2D eigenvalue weighted by atomic mass is 9.88. The molecule has 2 fully saturated rings. The van der Waals surface area contributed by atoms with Gasteiger partial charge in [0, 0.05) is 0 Å². The molecule has 0 nitrogen and oxygen atoms in total. The second-order valence-electron chi connectivity index (χ2n) is 3.87. The van der Waals surface area contributed by atoms with Gasteiger partial charge in [-0.15, -0.1) is 0 Å². The van der Waals surface area contributed by atoms with E-state index in [-0.39, 0.29) is 0 Å². The molecule has 3 unspecified atom stereocenters. The molecule has 0 aromatic rings. The van der Waals surface area contributed by atoms with Crippen molar-refractivity contribution in [1.29, 1.82) is 0 Å². The molecule has 2 rings (SSSR count). The van der Waals surface area contributed by atoms with Gasteiger partial charge in [0.15, 0.2) is 0 Å². The summed E-state index contributed by atoms with van der Waals surface area (Å²) in [6.07, 6.45) is 5.76. The standard InChI is InChI=1S/C6H10.C4H10/c1-4-2-5-3-6(4)5;1-3-4-2/h4-6H,2-3H2,1H3;3-4H2,1-2H3. The first-order valence-electron chi connectivity index (χ1n) is 4.79. The van der Waals surface area contributed by atoms with Crippen LogP contribution in [0.1, 0.15) is 46.5 Å². The molecule has 0 aliphatic heterocycles. The van der Waals surface area contributed by atoms with Crippen LogP contribution < -0.4 is 0 Å². The summed E-state index contributed by atoms with van der Waals surface area (Å²) in [4.78, 5) is 0. The molecule has 0 N–H and O–H groups in total. The van der Waals surface area contributed by atoms with Gasteiger partial charge in [-0.05, 0) is 30.6 Å². The first kappa shape index (κ1) is 8.10. The van der Waals surface area contributed by atoms with Crippen molar-refractivity contribution < 1.29 is 0 Å². The molecular weight excluding hydrogens is 120 g/mol. The zero-order valence-corrected chi connectivity index (χ0v) is 7.56. The minimum Gasteiger partial charge on any atom is -0.0654 e. The van der Waals surface area contributed by atoms with Gasteiger partial charge in [-0.3, -0.25) is 0 Å². The van der Waals surface area contributed by atoms with Gasteiger partial charge < -0.3 is 0 Å². The molecule has 3 atom stereocenters. The predicted molar refractivity (Wildman–Crippen MR) is 46.0 cm³/mol. The molecule has 60 valence electrons. The maximum Gasteiger partial charge on any atom is -0.0357 e. The second kappa shape index (κ2) is 3.41. The number of unbranched alkanes of at least 4 members (excludes halogenated alkanes) is 1. The number of hydrogen-bond acceptors (Lipinski definition) is 0. The molecule has 2 saturated carbocycles. The third kappa shape index (κ3) is 1.74. The van der Waals surface area contributed by atoms with Crippen LogP contribution in [0.15, 0.2) is 0 Å². The summed E-state index contributed by atoms with van der Waals surface area (Å²) < 4.78 is 0. The summed E-state index contributed by atoms with van der Waals surface area (Å²) >= 11 is 0. The summed E-state index contributed by atoms with van der Waals surface area (Å²) in [5, 5.41) is 0. The van der Waals surface area contributed by atoms with Gasteiger partial charge in [-0.1, -0.05) is 33.6 Å². The average Bonchev–Trinajstić information content (AvgIpc) is 2.61.